The van der Waals surface area contributed by atoms with Crippen LogP contribution in [0, 0.1) is 0 Å². The molecule has 0 spiro atoms. The predicted molar refractivity (Wildman–Crippen MR) is 136 cm³/mol. The summed E-state index contributed by atoms with van der Waals surface area (Å²) in [6.45, 7) is 4.71. The summed E-state index contributed by atoms with van der Waals surface area (Å²) in [5.74, 6) is -0.134. The molecule has 174 valence electrons. The summed E-state index contributed by atoms with van der Waals surface area (Å²) in [4.78, 5) is 29.5. The average molecular weight is 475 g/mol. The number of rotatable bonds is 5. The van der Waals surface area contributed by atoms with Crippen LogP contribution in [0.4, 0.5) is 5.69 Å². The topological polar surface area (TPSA) is 66.8 Å². The van der Waals surface area contributed by atoms with E-state index >= 15 is 0 Å². The Balaban J connectivity index is 1.51. The molecule has 2 fully saturated rings. The number of benzene rings is 2. The molecule has 5 rings (SSSR count). The van der Waals surface area contributed by atoms with Gasteiger partial charge in [-0.3, -0.25) is 14.5 Å². The van der Waals surface area contributed by atoms with Crippen molar-refractivity contribution in [1.29, 1.82) is 0 Å². The highest BCUT2D eigenvalue weighted by molar-refractivity contribution is 7.80. The molecule has 2 aliphatic heterocycles. The van der Waals surface area contributed by atoms with Gasteiger partial charge in [0.25, 0.3) is 5.91 Å². The van der Waals surface area contributed by atoms with Gasteiger partial charge in [0.1, 0.15) is 12.2 Å². The molecule has 0 bridgehead atoms. The maximum Gasteiger partial charge on any atom is 0.281 e. The fourth-order valence-corrected chi connectivity index (χ4v) is 4.85. The Morgan fingerprint density at radius 3 is 2.62 bits per heavy atom. The number of anilines is 1. The molecule has 0 aliphatic carbocycles. The van der Waals surface area contributed by atoms with E-state index in [9.17, 15) is 9.59 Å². The van der Waals surface area contributed by atoms with Crippen LogP contribution < -0.4 is 10.2 Å². The van der Waals surface area contributed by atoms with Gasteiger partial charge in [0, 0.05) is 30.2 Å². The Morgan fingerprint density at radius 2 is 1.88 bits per heavy atom. The van der Waals surface area contributed by atoms with Crippen LogP contribution in [0.25, 0.3) is 17.0 Å². The van der Waals surface area contributed by atoms with Gasteiger partial charge in [-0.15, -0.1) is 0 Å². The zero-order valence-corrected chi connectivity index (χ0v) is 19.8. The van der Waals surface area contributed by atoms with Gasteiger partial charge in [-0.25, -0.2) is 0 Å². The number of para-hydroxylation sites is 2. The number of hydrogen-bond acceptors (Lipinski definition) is 4. The number of ether oxygens (including phenoxy) is 1. The number of hydrogen-bond donors (Lipinski definition) is 1. The van der Waals surface area contributed by atoms with Crippen LogP contribution in [-0.4, -0.2) is 52.7 Å². The summed E-state index contributed by atoms with van der Waals surface area (Å²) >= 11 is 5.45. The molecule has 1 N–H and O–H groups in total. The monoisotopic (exact) mass is 474 g/mol. The molecule has 34 heavy (non-hydrogen) atoms. The fourth-order valence-electron chi connectivity index (χ4n) is 4.55. The Morgan fingerprint density at radius 1 is 1.12 bits per heavy atom. The van der Waals surface area contributed by atoms with Gasteiger partial charge >= 0.3 is 0 Å². The molecule has 8 heteroatoms. The van der Waals surface area contributed by atoms with Crippen LogP contribution in [0.1, 0.15) is 18.1 Å². The van der Waals surface area contributed by atoms with E-state index in [-0.39, 0.29) is 18.4 Å². The Kier molecular flexibility index (Phi) is 6.17. The van der Waals surface area contributed by atoms with Crippen LogP contribution in [0.3, 0.4) is 0 Å². The number of aromatic nitrogens is 1. The van der Waals surface area contributed by atoms with Gasteiger partial charge < -0.3 is 19.5 Å². The highest BCUT2D eigenvalue weighted by Crippen LogP contribution is 2.29. The van der Waals surface area contributed by atoms with E-state index in [2.05, 4.69) is 18.3 Å². The fraction of sp³-hybridized carbons (Fsp3) is 0.269. The van der Waals surface area contributed by atoms with Gasteiger partial charge in [0.05, 0.1) is 24.4 Å². The first-order valence-corrected chi connectivity index (χ1v) is 11.9. The van der Waals surface area contributed by atoms with E-state index in [1.54, 1.807) is 0 Å². The highest BCUT2D eigenvalue weighted by atomic mass is 32.1. The number of nitrogens with zero attached hydrogens (tertiary/aromatic N) is 3. The minimum Gasteiger partial charge on any atom is -0.378 e. The first kappa shape index (κ1) is 22.3. The summed E-state index contributed by atoms with van der Waals surface area (Å²) in [7, 11) is 0. The number of thiocarbonyl (C=S) groups is 1. The normalized spacial score (nSPS) is 17.6. The smallest absolute Gasteiger partial charge is 0.281 e. The molecule has 2 amide bonds. The van der Waals surface area contributed by atoms with E-state index in [1.165, 1.54) is 4.90 Å². The van der Waals surface area contributed by atoms with E-state index in [0.717, 1.165) is 34.1 Å². The van der Waals surface area contributed by atoms with Gasteiger partial charge in [-0.05, 0) is 42.4 Å². The zero-order valence-electron chi connectivity index (χ0n) is 19.0. The maximum absolute atomic E-state index is 13.2. The van der Waals surface area contributed by atoms with Crippen molar-refractivity contribution >= 4 is 51.8 Å². The largest absolute Gasteiger partial charge is 0.378 e. The number of morpholine rings is 1. The molecule has 3 aromatic rings. The van der Waals surface area contributed by atoms with E-state index < -0.39 is 0 Å². The van der Waals surface area contributed by atoms with Crippen molar-refractivity contribution in [3.8, 4) is 0 Å². The third kappa shape index (κ3) is 4.10. The summed E-state index contributed by atoms with van der Waals surface area (Å²) in [5.41, 5.74) is 4.18. The van der Waals surface area contributed by atoms with Gasteiger partial charge in [0.15, 0.2) is 5.11 Å². The SMILES string of the molecule is CCc1cccc2c(C=C3NC(=S)N(c4ccccc4)C3=O)cn(CC(=O)N3CCOCC3)c12. The van der Waals surface area contributed by atoms with Crippen LogP contribution in [0.5, 0.6) is 0 Å². The lowest BCUT2D eigenvalue weighted by atomic mass is 10.1. The minimum atomic E-state index is -0.201. The first-order valence-electron chi connectivity index (χ1n) is 11.4. The Bertz CT molecular complexity index is 1290. The molecule has 2 aromatic carbocycles. The van der Waals surface area contributed by atoms with Crippen molar-refractivity contribution in [3.63, 3.8) is 0 Å². The second kappa shape index (κ2) is 9.40. The molecule has 0 atom stereocenters. The predicted octanol–water partition coefficient (Wildman–Crippen LogP) is 3.32. The molecule has 2 aliphatic rings. The number of fused-ring (bicyclic) bond motifs is 1. The Hall–Kier alpha value is -3.49. The van der Waals surface area contributed by atoms with E-state index in [4.69, 9.17) is 17.0 Å². The quantitative estimate of drug-likeness (QED) is 0.454. The molecule has 7 nitrogen and oxygen atoms in total. The first-order chi connectivity index (χ1) is 16.6. The van der Waals surface area contributed by atoms with E-state index in [1.807, 2.05) is 64.2 Å². The molecule has 0 saturated carbocycles. The molecule has 0 radical (unpaired) electrons. The van der Waals surface area contributed by atoms with Gasteiger partial charge in [0.2, 0.25) is 5.91 Å². The van der Waals surface area contributed by atoms with Crippen molar-refractivity contribution in [1.82, 2.24) is 14.8 Å². The Labute approximate surface area is 203 Å². The van der Waals surface area contributed by atoms with Crippen LogP contribution in [-0.2, 0) is 27.3 Å². The third-order valence-corrected chi connectivity index (χ3v) is 6.54. The molecule has 2 saturated heterocycles. The van der Waals surface area contributed by atoms with Crippen molar-refractivity contribution < 1.29 is 14.3 Å². The number of carbonyl (C=O) groups is 2. The standard InChI is InChI=1S/C26H26N4O3S/c1-2-18-7-6-10-21-19(16-29(24(18)21)17-23(31)28-11-13-33-14-12-28)15-22-25(32)30(26(34)27-22)20-8-4-3-5-9-20/h3-10,15-16H,2,11-14,17H2,1H3,(H,27,34). The van der Waals surface area contributed by atoms with Crippen molar-refractivity contribution in [3.05, 3.63) is 71.6 Å². The van der Waals surface area contributed by atoms with Crippen LogP contribution >= 0.6 is 12.2 Å². The van der Waals surface area contributed by atoms with Crippen LogP contribution in [0.2, 0.25) is 0 Å². The highest BCUT2D eigenvalue weighted by Gasteiger charge is 2.32. The lowest BCUT2D eigenvalue weighted by molar-refractivity contribution is -0.135. The molecular weight excluding hydrogens is 448 g/mol. The summed E-state index contributed by atoms with van der Waals surface area (Å²) < 4.78 is 7.39. The summed E-state index contributed by atoms with van der Waals surface area (Å²) in [6.07, 6.45) is 4.62. The van der Waals surface area contributed by atoms with E-state index in [0.29, 0.717) is 37.1 Å². The molecule has 1 aromatic heterocycles. The number of aryl methyl sites for hydroxylation is 1. The minimum absolute atomic E-state index is 0.0665. The lowest BCUT2D eigenvalue weighted by Gasteiger charge is -2.27. The lowest BCUT2D eigenvalue weighted by Crippen LogP contribution is -2.42. The molecule has 3 heterocycles. The third-order valence-electron chi connectivity index (χ3n) is 6.26. The summed E-state index contributed by atoms with van der Waals surface area (Å²) in [6, 6.07) is 15.5. The molecular formula is C26H26N4O3S. The van der Waals surface area contributed by atoms with Gasteiger partial charge in [-0.1, -0.05) is 43.3 Å². The summed E-state index contributed by atoms with van der Waals surface area (Å²) in [5, 5.41) is 4.42. The number of amides is 2. The number of nitrogens with one attached hydrogen (secondary N) is 1. The van der Waals surface area contributed by atoms with Crippen molar-refractivity contribution in [2.24, 2.45) is 0 Å². The van der Waals surface area contributed by atoms with Gasteiger partial charge in [-0.2, -0.15) is 0 Å². The zero-order chi connectivity index (χ0) is 23.7. The van der Waals surface area contributed by atoms with Crippen molar-refractivity contribution in [2.45, 2.75) is 19.9 Å². The van der Waals surface area contributed by atoms with Crippen LogP contribution in [0.15, 0.2) is 60.4 Å². The van der Waals surface area contributed by atoms with Crippen molar-refractivity contribution in [2.75, 3.05) is 31.2 Å². The number of carbonyl (C=O) groups excluding carboxylic acids is 2. The molecule has 0 unspecified atom stereocenters. The second-order valence-corrected chi connectivity index (χ2v) is 8.72. The average Bonchev–Trinajstić information content (AvgIpc) is 3.36. The second-order valence-electron chi connectivity index (χ2n) is 8.34. The maximum atomic E-state index is 13.2.